The summed E-state index contributed by atoms with van der Waals surface area (Å²) in [6.07, 6.45) is 8.96. The van der Waals surface area contributed by atoms with Gasteiger partial charge in [-0.15, -0.1) is 0 Å². The average molecular weight is 444 g/mol. The number of aromatic nitrogens is 4. The van der Waals surface area contributed by atoms with E-state index in [1.165, 1.54) is 0 Å². The minimum absolute atomic E-state index is 0.0876. The van der Waals surface area contributed by atoms with Crippen molar-refractivity contribution in [3.63, 3.8) is 0 Å². The normalized spacial score (nSPS) is 18.4. The van der Waals surface area contributed by atoms with Gasteiger partial charge in [0.1, 0.15) is 6.29 Å². The lowest BCUT2D eigenvalue weighted by Crippen LogP contribution is -2.37. The van der Waals surface area contributed by atoms with Gasteiger partial charge in [-0.2, -0.15) is 10.2 Å². The first-order chi connectivity index (χ1) is 16.1. The predicted molar refractivity (Wildman–Crippen MR) is 124 cm³/mol. The second-order valence-corrected chi connectivity index (χ2v) is 8.64. The monoisotopic (exact) mass is 443 g/mol. The van der Waals surface area contributed by atoms with Gasteiger partial charge in [-0.05, 0) is 49.8 Å². The Morgan fingerprint density at radius 2 is 1.91 bits per heavy atom. The molecule has 0 aliphatic heterocycles. The van der Waals surface area contributed by atoms with Gasteiger partial charge in [0.25, 0.3) is 11.5 Å². The molecule has 1 amide bonds. The number of fused-ring (bicyclic) bond motifs is 2. The molecule has 168 valence electrons. The highest BCUT2D eigenvalue weighted by molar-refractivity contribution is 6.00. The summed E-state index contributed by atoms with van der Waals surface area (Å²) in [6.45, 7) is 0. The number of nitrogens with one attached hydrogen (secondary N) is 2. The molecular formula is C25H25N5O3. The quantitative estimate of drug-likeness (QED) is 0.445. The first kappa shape index (κ1) is 21.1. The molecule has 0 radical (unpaired) electrons. The van der Waals surface area contributed by atoms with E-state index in [4.69, 9.17) is 0 Å². The fourth-order valence-electron chi connectivity index (χ4n) is 4.80. The third-order valence-corrected chi connectivity index (χ3v) is 6.55. The molecule has 0 bridgehead atoms. The summed E-state index contributed by atoms with van der Waals surface area (Å²) >= 11 is 0. The van der Waals surface area contributed by atoms with E-state index in [1.54, 1.807) is 10.7 Å². The molecule has 0 saturated heterocycles. The highest BCUT2D eigenvalue weighted by Crippen LogP contribution is 2.34. The van der Waals surface area contributed by atoms with Crippen LogP contribution < -0.4 is 10.9 Å². The molecule has 1 aliphatic rings. The molecule has 1 fully saturated rings. The topological polar surface area (TPSA) is 109 Å². The summed E-state index contributed by atoms with van der Waals surface area (Å²) in [5.74, 6) is 0.128. The minimum Gasteiger partial charge on any atom is -0.349 e. The van der Waals surface area contributed by atoms with Crippen LogP contribution in [0.1, 0.15) is 59.6 Å². The Morgan fingerprint density at radius 3 is 2.70 bits per heavy atom. The standard InChI is InChI=1S/C25H25N5O3/c31-13-3-4-16-7-12-22-21(14-26-30(22)15-16)24(32)27-18-10-8-17(9-11-18)23-19-5-1-2-6-20(19)25(33)29-28-23/h1-2,5-7,12-15,17-18H,3-4,8-11H2,(H,27,32)(H,29,33). The highest BCUT2D eigenvalue weighted by Gasteiger charge is 2.27. The van der Waals surface area contributed by atoms with Gasteiger partial charge < -0.3 is 10.1 Å². The van der Waals surface area contributed by atoms with E-state index in [0.29, 0.717) is 23.8 Å². The van der Waals surface area contributed by atoms with Crippen molar-refractivity contribution in [3.8, 4) is 0 Å². The summed E-state index contributed by atoms with van der Waals surface area (Å²) in [5.41, 5.74) is 3.07. The van der Waals surface area contributed by atoms with Crippen LogP contribution in [0.5, 0.6) is 0 Å². The molecule has 1 aliphatic carbocycles. The van der Waals surface area contributed by atoms with Crippen molar-refractivity contribution in [2.75, 3.05) is 0 Å². The Balaban J connectivity index is 1.25. The summed E-state index contributed by atoms with van der Waals surface area (Å²) in [4.78, 5) is 35.6. The average Bonchev–Trinajstić information content (AvgIpc) is 3.27. The molecule has 0 spiro atoms. The number of benzene rings is 1. The largest absolute Gasteiger partial charge is 0.349 e. The lowest BCUT2D eigenvalue weighted by molar-refractivity contribution is -0.107. The SMILES string of the molecule is O=CCCc1ccc2c(C(=O)NC3CCC(c4n[nH]c(=O)c5ccccc45)CC3)cnn2c1. The van der Waals surface area contributed by atoms with Gasteiger partial charge in [-0.25, -0.2) is 9.61 Å². The number of aryl methyl sites for hydroxylation is 1. The van der Waals surface area contributed by atoms with Crippen molar-refractivity contribution in [2.45, 2.75) is 50.5 Å². The smallest absolute Gasteiger partial charge is 0.272 e. The van der Waals surface area contributed by atoms with Crippen LogP contribution in [-0.2, 0) is 11.2 Å². The van der Waals surface area contributed by atoms with Crippen LogP contribution in [0.15, 0.2) is 53.6 Å². The van der Waals surface area contributed by atoms with E-state index < -0.39 is 0 Å². The van der Waals surface area contributed by atoms with Crippen LogP contribution in [0.25, 0.3) is 16.3 Å². The van der Waals surface area contributed by atoms with E-state index in [0.717, 1.165) is 54.1 Å². The van der Waals surface area contributed by atoms with Crippen molar-refractivity contribution in [1.82, 2.24) is 25.1 Å². The van der Waals surface area contributed by atoms with Crippen LogP contribution in [0, 0.1) is 0 Å². The molecule has 33 heavy (non-hydrogen) atoms. The molecule has 8 nitrogen and oxygen atoms in total. The lowest BCUT2D eigenvalue weighted by Gasteiger charge is -2.29. The molecule has 3 aromatic heterocycles. The molecule has 5 rings (SSSR count). The van der Waals surface area contributed by atoms with E-state index >= 15 is 0 Å². The van der Waals surface area contributed by atoms with Gasteiger partial charge in [0.15, 0.2) is 0 Å². The molecule has 3 heterocycles. The van der Waals surface area contributed by atoms with Gasteiger partial charge >= 0.3 is 0 Å². The fourth-order valence-corrected chi connectivity index (χ4v) is 4.80. The first-order valence-corrected chi connectivity index (χ1v) is 11.3. The van der Waals surface area contributed by atoms with E-state index in [9.17, 15) is 14.4 Å². The summed E-state index contributed by atoms with van der Waals surface area (Å²) in [6, 6.07) is 11.5. The van der Waals surface area contributed by atoms with Gasteiger partial charge in [0.2, 0.25) is 0 Å². The number of nitrogens with zero attached hydrogens (tertiary/aromatic N) is 3. The van der Waals surface area contributed by atoms with Crippen LogP contribution in [0.4, 0.5) is 0 Å². The number of aromatic amines is 1. The predicted octanol–water partition coefficient (Wildman–Crippen LogP) is 3.16. The van der Waals surface area contributed by atoms with Crippen LogP contribution >= 0.6 is 0 Å². The fraction of sp³-hybridized carbons (Fsp3) is 0.320. The van der Waals surface area contributed by atoms with Crippen molar-refractivity contribution < 1.29 is 9.59 Å². The van der Waals surface area contributed by atoms with E-state index in [1.807, 2.05) is 42.6 Å². The summed E-state index contributed by atoms with van der Waals surface area (Å²) < 4.78 is 1.69. The van der Waals surface area contributed by atoms with Gasteiger partial charge in [-0.1, -0.05) is 24.3 Å². The number of carbonyl (C=O) groups excluding carboxylic acids is 2. The Hall–Kier alpha value is -3.81. The second-order valence-electron chi connectivity index (χ2n) is 8.64. The molecular weight excluding hydrogens is 418 g/mol. The third-order valence-electron chi connectivity index (χ3n) is 6.55. The Morgan fingerprint density at radius 1 is 1.12 bits per heavy atom. The molecule has 0 atom stereocenters. The summed E-state index contributed by atoms with van der Waals surface area (Å²) in [7, 11) is 0. The minimum atomic E-state index is -0.167. The maximum absolute atomic E-state index is 12.9. The number of H-pyrrole nitrogens is 1. The molecule has 1 aromatic carbocycles. The van der Waals surface area contributed by atoms with Crippen molar-refractivity contribution in [3.05, 3.63) is 76.0 Å². The molecule has 8 heteroatoms. The van der Waals surface area contributed by atoms with Crippen molar-refractivity contribution in [1.29, 1.82) is 0 Å². The van der Waals surface area contributed by atoms with Crippen LogP contribution in [0.2, 0.25) is 0 Å². The second kappa shape index (κ2) is 8.97. The number of aldehydes is 1. The Kier molecular flexibility index (Phi) is 5.73. The van der Waals surface area contributed by atoms with Gasteiger partial charge in [0.05, 0.1) is 28.4 Å². The van der Waals surface area contributed by atoms with Crippen LogP contribution in [-0.4, -0.2) is 38.0 Å². The van der Waals surface area contributed by atoms with Crippen LogP contribution in [0.3, 0.4) is 0 Å². The van der Waals surface area contributed by atoms with Gasteiger partial charge in [-0.3, -0.25) is 9.59 Å². The summed E-state index contributed by atoms with van der Waals surface area (Å²) in [5, 5.41) is 16.1. The number of hydrogen-bond donors (Lipinski definition) is 2. The zero-order chi connectivity index (χ0) is 22.8. The van der Waals surface area contributed by atoms with Crippen molar-refractivity contribution in [2.24, 2.45) is 0 Å². The molecule has 4 aromatic rings. The van der Waals surface area contributed by atoms with Crippen molar-refractivity contribution >= 4 is 28.5 Å². The first-order valence-electron chi connectivity index (χ1n) is 11.3. The highest BCUT2D eigenvalue weighted by atomic mass is 16.2. The number of rotatable bonds is 6. The number of pyridine rings is 1. The Labute approximate surface area is 190 Å². The molecule has 0 unspecified atom stereocenters. The third kappa shape index (κ3) is 4.16. The number of amides is 1. The maximum Gasteiger partial charge on any atom is 0.272 e. The maximum atomic E-state index is 12.9. The molecule has 1 saturated carbocycles. The lowest BCUT2D eigenvalue weighted by atomic mass is 9.82. The number of carbonyl (C=O) groups is 2. The zero-order valence-electron chi connectivity index (χ0n) is 18.2. The molecule has 2 N–H and O–H groups in total. The number of hydrogen-bond acceptors (Lipinski definition) is 5. The Bertz CT molecular complexity index is 1380. The van der Waals surface area contributed by atoms with E-state index in [2.05, 4.69) is 20.6 Å². The zero-order valence-corrected chi connectivity index (χ0v) is 18.2. The van der Waals surface area contributed by atoms with Gasteiger partial charge in [0, 0.05) is 30.0 Å². The van der Waals surface area contributed by atoms with E-state index in [-0.39, 0.29) is 23.4 Å².